The summed E-state index contributed by atoms with van der Waals surface area (Å²) in [6, 6.07) is 0. The molecule has 0 saturated carbocycles. The SMILES string of the molecule is CC1(CO)CC(O)CN1.Cl. The van der Waals surface area contributed by atoms with Crippen LogP contribution in [0.25, 0.3) is 0 Å². The summed E-state index contributed by atoms with van der Waals surface area (Å²) in [6.45, 7) is 2.62. The van der Waals surface area contributed by atoms with Crippen molar-refractivity contribution < 1.29 is 10.2 Å². The molecule has 2 unspecified atom stereocenters. The molecule has 1 rings (SSSR count). The molecule has 1 saturated heterocycles. The number of nitrogens with one attached hydrogen (secondary N) is 1. The first kappa shape index (κ1) is 10.2. The summed E-state index contributed by atoms with van der Waals surface area (Å²) in [5.74, 6) is 0. The summed E-state index contributed by atoms with van der Waals surface area (Å²) >= 11 is 0. The molecule has 0 amide bonds. The molecule has 0 spiro atoms. The number of hydrogen-bond donors (Lipinski definition) is 3. The number of β-amino-alcohol motifs (C(OH)–C–C–N with tert-alkyl or cyclic N) is 1. The maximum absolute atomic E-state index is 9.02. The molecule has 1 fully saturated rings. The highest BCUT2D eigenvalue weighted by Gasteiger charge is 2.32. The monoisotopic (exact) mass is 167 g/mol. The largest absolute Gasteiger partial charge is 0.394 e. The van der Waals surface area contributed by atoms with Crippen LogP contribution in [0.15, 0.2) is 0 Å². The zero-order chi connectivity index (χ0) is 6.91. The molecule has 2 atom stereocenters. The molecular weight excluding hydrogens is 154 g/mol. The molecule has 0 aromatic heterocycles. The lowest BCUT2D eigenvalue weighted by atomic mass is 10.0. The third-order valence-corrected chi connectivity index (χ3v) is 1.80. The molecule has 3 nitrogen and oxygen atoms in total. The number of aliphatic hydroxyl groups is 2. The fourth-order valence-electron chi connectivity index (χ4n) is 1.15. The Balaban J connectivity index is 0.000000810. The second-order valence-electron chi connectivity index (χ2n) is 2.96. The minimum atomic E-state index is -0.276. The van der Waals surface area contributed by atoms with Crippen molar-refractivity contribution in [3.63, 3.8) is 0 Å². The van der Waals surface area contributed by atoms with Gasteiger partial charge < -0.3 is 15.5 Å². The van der Waals surface area contributed by atoms with Gasteiger partial charge in [0.15, 0.2) is 0 Å². The van der Waals surface area contributed by atoms with Gasteiger partial charge >= 0.3 is 0 Å². The molecule has 1 aliphatic rings. The Morgan fingerprint density at radius 2 is 2.30 bits per heavy atom. The van der Waals surface area contributed by atoms with Crippen molar-refractivity contribution in [1.29, 1.82) is 0 Å². The Morgan fingerprint density at radius 1 is 1.70 bits per heavy atom. The topological polar surface area (TPSA) is 52.5 Å². The Hall–Kier alpha value is 0.170. The molecule has 0 aromatic rings. The van der Waals surface area contributed by atoms with Crippen LogP contribution >= 0.6 is 12.4 Å². The van der Waals surface area contributed by atoms with Crippen LogP contribution in [0.3, 0.4) is 0 Å². The van der Waals surface area contributed by atoms with Crippen LogP contribution in [0.4, 0.5) is 0 Å². The highest BCUT2D eigenvalue weighted by molar-refractivity contribution is 5.85. The third kappa shape index (κ3) is 2.09. The second kappa shape index (κ2) is 3.53. The minimum absolute atomic E-state index is 0. The van der Waals surface area contributed by atoms with Gasteiger partial charge in [-0.1, -0.05) is 0 Å². The lowest BCUT2D eigenvalue weighted by molar-refractivity contribution is 0.156. The van der Waals surface area contributed by atoms with Crippen LogP contribution in [-0.2, 0) is 0 Å². The Labute approximate surface area is 66.8 Å². The second-order valence-corrected chi connectivity index (χ2v) is 2.96. The molecule has 0 bridgehead atoms. The Kier molecular flexibility index (Phi) is 3.59. The normalized spacial score (nSPS) is 39.3. The maximum atomic E-state index is 9.02. The quantitative estimate of drug-likeness (QED) is 0.494. The van der Waals surface area contributed by atoms with E-state index < -0.39 is 0 Å². The van der Waals surface area contributed by atoms with Crippen molar-refractivity contribution in [2.45, 2.75) is 25.0 Å². The average Bonchev–Trinajstić information content (AvgIpc) is 2.13. The highest BCUT2D eigenvalue weighted by atomic mass is 35.5. The van der Waals surface area contributed by atoms with Crippen molar-refractivity contribution >= 4 is 12.4 Å². The van der Waals surface area contributed by atoms with E-state index in [0.717, 1.165) is 0 Å². The van der Waals surface area contributed by atoms with Crippen molar-refractivity contribution in [1.82, 2.24) is 5.32 Å². The fourth-order valence-corrected chi connectivity index (χ4v) is 1.15. The number of halogens is 1. The van der Waals surface area contributed by atoms with Gasteiger partial charge in [-0.3, -0.25) is 0 Å². The van der Waals surface area contributed by atoms with Crippen LogP contribution in [0.1, 0.15) is 13.3 Å². The van der Waals surface area contributed by atoms with Gasteiger partial charge in [0, 0.05) is 12.1 Å². The first-order valence-electron chi connectivity index (χ1n) is 3.20. The molecule has 1 heterocycles. The average molecular weight is 168 g/mol. The molecule has 0 radical (unpaired) electrons. The van der Waals surface area contributed by atoms with Crippen molar-refractivity contribution in [3.8, 4) is 0 Å². The lowest BCUT2D eigenvalue weighted by Gasteiger charge is -2.19. The van der Waals surface area contributed by atoms with E-state index in [1.165, 1.54) is 0 Å². The Morgan fingerprint density at radius 3 is 2.50 bits per heavy atom. The molecule has 1 aliphatic heterocycles. The molecule has 10 heavy (non-hydrogen) atoms. The molecule has 62 valence electrons. The number of hydrogen-bond acceptors (Lipinski definition) is 3. The molecule has 3 N–H and O–H groups in total. The fraction of sp³-hybridized carbons (Fsp3) is 1.00. The van der Waals surface area contributed by atoms with Gasteiger partial charge in [0.2, 0.25) is 0 Å². The first-order chi connectivity index (χ1) is 4.16. The summed E-state index contributed by atoms with van der Waals surface area (Å²) in [5, 5.41) is 20.8. The van der Waals surface area contributed by atoms with Gasteiger partial charge in [-0.25, -0.2) is 0 Å². The predicted molar refractivity (Wildman–Crippen MR) is 41.4 cm³/mol. The third-order valence-electron chi connectivity index (χ3n) is 1.80. The maximum Gasteiger partial charge on any atom is 0.0683 e. The van der Waals surface area contributed by atoms with Gasteiger partial charge in [0.05, 0.1) is 12.7 Å². The number of rotatable bonds is 1. The number of aliphatic hydroxyl groups excluding tert-OH is 2. The van der Waals surface area contributed by atoms with E-state index >= 15 is 0 Å². The molecule has 0 aliphatic carbocycles. The molecule has 4 heteroatoms. The van der Waals surface area contributed by atoms with Gasteiger partial charge in [-0.15, -0.1) is 12.4 Å². The van der Waals surface area contributed by atoms with Gasteiger partial charge in [0.1, 0.15) is 0 Å². The highest BCUT2D eigenvalue weighted by Crippen LogP contribution is 2.17. The van der Waals surface area contributed by atoms with Crippen LogP contribution in [0.2, 0.25) is 0 Å². The summed E-state index contributed by atoms with van der Waals surface area (Å²) in [4.78, 5) is 0. The van der Waals surface area contributed by atoms with E-state index in [4.69, 9.17) is 10.2 Å². The minimum Gasteiger partial charge on any atom is -0.394 e. The van der Waals surface area contributed by atoms with E-state index in [1.807, 2.05) is 6.92 Å². The van der Waals surface area contributed by atoms with E-state index in [0.29, 0.717) is 13.0 Å². The van der Waals surface area contributed by atoms with E-state index in [-0.39, 0.29) is 30.7 Å². The van der Waals surface area contributed by atoms with Crippen LogP contribution in [0, 0.1) is 0 Å². The van der Waals surface area contributed by atoms with E-state index in [9.17, 15) is 0 Å². The zero-order valence-electron chi connectivity index (χ0n) is 6.00. The van der Waals surface area contributed by atoms with Crippen molar-refractivity contribution in [2.24, 2.45) is 0 Å². The summed E-state index contributed by atoms with van der Waals surface area (Å²) in [6.07, 6.45) is 0.380. The smallest absolute Gasteiger partial charge is 0.0683 e. The van der Waals surface area contributed by atoms with Gasteiger partial charge in [-0.2, -0.15) is 0 Å². The van der Waals surface area contributed by atoms with Crippen molar-refractivity contribution in [2.75, 3.05) is 13.2 Å². The Bertz CT molecular complexity index is 112. The van der Waals surface area contributed by atoms with Gasteiger partial charge in [0.25, 0.3) is 0 Å². The standard InChI is InChI=1S/C6H13NO2.ClH/c1-6(4-8)2-5(9)3-7-6;/h5,7-9H,2-4H2,1H3;1H. The predicted octanol–water partition coefficient (Wildman–Crippen LogP) is -0.487. The molecular formula is C6H14ClNO2. The zero-order valence-corrected chi connectivity index (χ0v) is 6.82. The summed E-state index contributed by atoms with van der Waals surface area (Å²) < 4.78 is 0. The van der Waals surface area contributed by atoms with E-state index in [2.05, 4.69) is 5.32 Å². The van der Waals surface area contributed by atoms with Crippen LogP contribution < -0.4 is 5.32 Å². The van der Waals surface area contributed by atoms with Crippen molar-refractivity contribution in [3.05, 3.63) is 0 Å². The van der Waals surface area contributed by atoms with E-state index in [1.54, 1.807) is 0 Å². The van der Waals surface area contributed by atoms with Crippen LogP contribution in [0.5, 0.6) is 0 Å². The first-order valence-corrected chi connectivity index (χ1v) is 3.20. The molecule has 0 aromatic carbocycles. The van der Waals surface area contributed by atoms with Gasteiger partial charge in [-0.05, 0) is 13.3 Å². The summed E-state index contributed by atoms with van der Waals surface area (Å²) in [7, 11) is 0. The lowest BCUT2D eigenvalue weighted by Crippen LogP contribution is -2.39. The van der Waals surface area contributed by atoms with Crippen LogP contribution in [-0.4, -0.2) is 35.0 Å². The summed E-state index contributed by atoms with van der Waals surface area (Å²) in [5.41, 5.74) is -0.237.